The van der Waals surface area contributed by atoms with E-state index < -0.39 is 0 Å². The van der Waals surface area contributed by atoms with Crippen LogP contribution in [0.3, 0.4) is 0 Å². The molecule has 8 heteroatoms. The minimum absolute atomic E-state index is 0. The summed E-state index contributed by atoms with van der Waals surface area (Å²) < 4.78 is 5.89. The molecule has 31 heavy (non-hydrogen) atoms. The highest BCUT2D eigenvalue weighted by atomic mass is 35.5. The number of imide groups is 1. The number of carbonyl (C=O) groups excluding carboxylic acids is 2. The van der Waals surface area contributed by atoms with Gasteiger partial charge in [-0.2, -0.15) is 4.37 Å². The second-order valence-electron chi connectivity index (χ2n) is 7.53. The molecular formula is C23H23ClN4O2S. The average Bonchev–Trinajstić information content (AvgIpc) is 3.32. The molecule has 1 fully saturated rings. The van der Waals surface area contributed by atoms with Gasteiger partial charge in [-0.1, -0.05) is 36.4 Å². The number of halogens is 1. The smallest absolute Gasteiger partial charge is 0.261 e. The Morgan fingerprint density at radius 3 is 2.16 bits per heavy atom. The number of amides is 2. The molecule has 0 aliphatic carbocycles. The second kappa shape index (κ2) is 9.18. The van der Waals surface area contributed by atoms with Gasteiger partial charge in [0, 0.05) is 44.7 Å². The molecular weight excluding hydrogens is 432 g/mol. The van der Waals surface area contributed by atoms with Crippen molar-refractivity contribution in [3.8, 4) is 0 Å². The van der Waals surface area contributed by atoms with Crippen molar-refractivity contribution in [3.63, 3.8) is 0 Å². The molecule has 0 bridgehead atoms. The number of hydrogen-bond donors (Lipinski definition) is 0. The van der Waals surface area contributed by atoms with E-state index in [1.165, 1.54) is 15.0 Å². The van der Waals surface area contributed by atoms with E-state index in [0.29, 0.717) is 17.7 Å². The molecule has 0 atom stereocenters. The van der Waals surface area contributed by atoms with Crippen LogP contribution in [0.2, 0.25) is 0 Å². The minimum Gasteiger partial charge on any atom is -0.353 e. The summed E-state index contributed by atoms with van der Waals surface area (Å²) >= 11 is 1.56. The molecule has 2 aromatic carbocycles. The van der Waals surface area contributed by atoms with Crippen LogP contribution in [0.25, 0.3) is 10.1 Å². The maximum absolute atomic E-state index is 12.4. The van der Waals surface area contributed by atoms with Gasteiger partial charge in [0.15, 0.2) is 0 Å². The first-order valence-electron chi connectivity index (χ1n) is 10.1. The van der Waals surface area contributed by atoms with Crippen molar-refractivity contribution in [1.29, 1.82) is 0 Å². The lowest BCUT2D eigenvalue weighted by Crippen LogP contribution is -2.46. The summed E-state index contributed by atoms with van der Waals surface area (Å²) in [5, 5.41) is 1.23. The van der Waals surface area contributed by atoms with Gasteiger partial charge in [-0.3, -0.25) is 19.4 Å². The Kier molecular flexibility index (Phi) is 6.36. The number of benzene rings is 2. The van der Waals surface area contributed by atoms with E-state index >= 15 is 0 Å². The van der Waals surface area contributed by atoms with Crippen LogP contribution in [0, 0.1) is 0 Å². The Labute approximate surface area is 191 Å². The monoisotopic (exact) mass is 454 g/mol. The van der Waals surface area contributed by atoms with E-state index in [-0.39, 0.29) is 24.2 Å². The number of carbonyl (C=O) groups is 2. The molecule has 2 aliphatic heterocycles. The standard InChI is InChI=1S/C23H22N4O2S.ClH/c28-22-17-7-1-2-8-18(17)23(29)27(22)12-6-5-11-25-13-15-26(16-14-25)21-19-9-3-4-10-20(19)30-24-21;/h1-10H,11-16H2;1H. The van der Waals surface area contributed by atoms with Crippen LogP contribution in [0.1, 0.15) is 20.7 Å². The van der Waals surface area contributed by atoms with Gasteiger partial charge in [-0.05, 0) is 35.8 Å². The highest BCUT2D eigenvalue weighted by Gasteiger charge is 2.34. The fourth-order valence-electron chi connectivity index (χ4n) is 4.05. The molecule has 3 heterocycles. The van der Waals surface area contributed by atoms with Crippen LogP contribution in [0.5, 0.6) is 0 Å². The number of anilines is 1. The van der Waals surface area contributed by atoms with Crippen molar-refractivity contribution in [2.75, 3.05) is 44.2 Å². The number of fused-ring (bicyclic) bond motifs is 2. The number of piperazine rings is 1. The first kappa shape index (κ1) is 21.5. The molecule has 6 nitrogen and oxygen atoms in total. The van der Waals surface area contributed by atoms with Crippen LogP contribution < -0.4 is 4.90 Å². The first-order valence-corrected chi connectivity index (χ1v) is 10.9. The summed E-state index contributed by atoms with van der Waals surface area (Å²) in [4.78, 5) is 30.8. The number of aromatic nitrogens is 1. The summed E-state index contributed by atoms with van der Waals surface area (Å²) in [6.45, 7) is 4.94. The Hall–Kier alpha value is -2.74. The lowest BCUT2D eigenvalue weighted by Gasteiger charge is -2.34. The van der Waals surface area contributed by atoms with Gasteiger partial charge in [-0.15, -0.1) is 12.4 Å². The van der Waals surface area contributed by atoms with E-state index in [9.17, 15) is 9.59 Å². The van der Waals surface area contributed by atoms with E-state index in [1.807, 2.05) is 6.08 Å². The van der Waals surface area contributed by atoms with Crippen molar-refractivity contribution in [2.24, 2.45) is 0 Å². The summed E-state index contributed by atoms with van der Waals surface area (Å²) in [6.07, 6.45) is 3.97. The SMILES string of the molecule is Cl.O=C1c2ccccc2C(=O)N1CC=CCN1CCN(c2nsc3ccccc23)CC1. The molecule has 0 saturated carbocycles. The third kappa shape index (κ3) is 4.08. The predicted octanol–water partition coefficient (Wildman–Crippen LogP) is 3.69. The zero-order valence-corrected chi connectivity index (χ0v) is 18.6. The zero-order chi connectivity index (χ0) is 20.5. The van der Waals surface area contributed by atoms with Crippen molar-refractivity contribution in [1.82, 2.24) is 14.2 Å². The highest BCUT2D eigenvalue weighted by molar-refractivity contribution is 7.13. The van der Waals surface area contributed by atoms with Crippen LogP contribution in [-0.2, 0) is 0 Å². The predicted molar refractivity (Wildman–Crippen MR) is 126 cm³/mol. The number of rotatable bonds is 5. The Morgan fingerprint density at radius 2 is 1.45 bits per heavy atom. The molecule has 0 radical (unpaired) electrons. The van der Waals surface area contributed by atoms with Crippen molar-refractivity contribution >= 4 is 51.7 Å². The van der Waals surface area contributed by atoms with Crippen molar-refractivity contribution < 1.29 is 9.59 Å². The van der Waals surface area contributed by atoms with Gasteiger partial charge in [0.05, 0.1) is 15.8 Å². The molecule has 2 amide bonds. The Balaban J connectivity index is 0.00000231. The highest BCUT2D eigenvalue weighted by Crippen LogP contribution is 2.29. The van der Waals surface area contributed by atoms with Gasteiger partial charge < -0.3 is 4.90 Å². The Morgan fingerprint density at radius 1 is 0.839 bits per heavy atom. The summed E-state index contributed by atoms with van der Waals surface area (Å²) in [5.74, 6) is 0.685. The molecule has 1 aromatic heterocycles. The van der Waals surface area contributed by atoms with Gasteiger partial charge in [0.25, 0.3) is 11.8 Å². The lowest BCUT2D eigenvalue weighted by atomic mass is 10.1. The largest absolute Gasteiger partial charge is 0.353 e. The molecule has 0 N–H and O–H groups in total. The van der Waals surface area contributed by atoms with Gasteiger partial charge >= 0.3 is 0 Å². The quantitative estimate of drug-likeness (QED) is 0.434. The summed E-state index contributed by atoms with van der Waals surface area (Å²) in [6, 6.07) is 15.4. The van der Waals surface area contributed by atoms with Gasteiger partial charge in [-0.25, -0.2) is 0 Å². The van der Waals surface area contributed by atoms with Crippen molar-refractivity contribution in [3.05, 3.63) is 71.8 Å². The molecule has 1 saturated heterocycles. The van der Waals surface area contributed by atoms with E-state index in [4.69, 9.17) is 0 Å². The Bertz CT molecular complexity index is 1100. The number of nitrogens with zero attached hydrogens (tertiary/aromatic N) is 4. The van der Waals surface area contributed by atoms with Crippen LogP contribution >= 0.6 is 23.9 Å². The van der Waals surface area contributed by atoms with Crippen molar-refractivity contribution in [2.45, 2.75) is 0 Å². The molecule has 2 aliphatic rings. The second-order valence-corrected chi connectivity index (χ2v) is 8.33. The van der Waals surface area contributed by atoms with E-state index in [0.717, 1.165) is 38.5 Å². The number of hydrogen-bond acceptors (Lipinski definition) is 6. The molecule has 0 unspecified atom stereocenters. The zero-order valence-electron chi connectivity index (χ0n) is 16.9. The minimum atomic E-state index is -0.204. The van der Waals surface area contributed by atoms with Gasteiger partial charge in [0.1, 0.15) is 5.82 Å². The molecule has 0 spiro atoms. The fourth-order valence-corrected chi connectivity index (χ4v) is 4.85. The summed E-state index contributed by atoms with van der Waals surface area (Å²) in [5.41, 5.74) is 1.00. The van der Waals surface area contributed by atoms with E-state index in [1.54, 1.807) is 35.8 Å². The van der Waals surface area contributed by atoms with Gasteiger partial charge in [0.2, 0.25) is 0 Å². The first-order chi connectivity index (χ1) is 14.7. The van der Waals surface area contributed by atoms with Crippen LogP contribution in [0.4, 0.5) is 5.82 Å². The fraction of sp³-hybridized carbons (Fsp3) is 0.261. The van der Waals surface area contributed by atoms with E-state index in [2.05, 4.69) is 44.5 Å². The molecule has 5 rings (SSSR count). The third-order valence-corrected chi connectivity index (χ3v) is 6.54. The summed E-state index contributed by atoms with van der Waals surface area (Å²) in [7, 11) is 0. The lowest BCUT2D eigenvalue weighted by molar-refractivity contribution is 0.0672. The average molecular weight is 455 g/mol. The van der Waals surface area contributed by atoms with Crippen LogP contribution in [-0.4, -0.2) is 65.3 Å². The molecule has 160 valence electrons. The maximum atomic E-state index is 12.4. The third-order valence-electron chi connectivity index (χ3n) is 5.73. The normalized spacial score (nSPS) is 16.9. The topological polar surface area (TPSA) is 56.8 Å². The molecule has 3 aromatic rings. The maximum Gasteiger partial charge on any atom is 0.261 e. The van der Waals surface area contributed by atoms with Crippen LogP contribution in [0.15, 0.2) is 60.7 Å².